The summed E-state index contributed by atoms with van der Waals surface area (Å²) in [5.74, 6) is -0.615. The normalized spacial score (nSPS) is 13.8. The van der Waals surface area contributed by atoms with Gasteiger partial charge < -0.3 is 19.6 Å². The Morgan fingerprint density at radius 1 is 1.06 bits per heavy atom. The molecule has 10 heteroatoms. The second-order valence-corrected chi connectivity index (χ2v) is 10.8. The van der Waals surface area contributed by atoms with Crippen LogP contribution in [0, 0.1) is 5.82 Å². The molecule has 186 valence electrons. The molecular weight excluding hydrogens is 485 g/mol. The van der Waals surface area contributed by atoms with Gasteiger partial charge in [-0.1, -0.05) is 19.1 Å². The smallest absolute Gasteiger partial charge is 0.323 e. The lowest BCUT2D eigenvalue weighted by atomic mass is 10.0. The van der Waals surface area contributed by atoms with Crippen LogP contribution >= 0.6 is 0 Å². The number of nitrogens with zero attached hydrogens (tertiary/aromatic N) is 1. The van der Waals surface area contributed by atoms with Gasteiger partial charge in [0.2, 0.25) is 0 Å². The molecule has 8 nitrogen and oxygen atoms in total. The van der Waals surface area contributed by atoms with Crippen LogP contribution in [0.15, 0.2) is 58.2 Å². The van der Waals surface area contributed by atoms with Crippen LogP contribution in [0.2, 0.25) is 0 Å². The minimum absolute atomic E-state index is 0.0795. The van der Waals surface area contributed by atoms with E-state index in [9.17, 15) is 18.0 Å². The summed E-state index contributed by atoms with van der Waals surface area (Å²) in [7, 11) is -3.76. The summed E-state index contributed by atoms with van der Waals surface area (Å²) in [5, 5.41) is 0. The quantitative estimate of drug-likeness (QED) is 0.436. The Balaban J connectivity index is 1.49. The zero-order chi connectivity index (χ0) is 25.6. The molecule has 3 aromatic carbocycles. The molecule has 2 heterocycles. The van der Waals surface area contributed by atoms with Crippen LogP contribution in [0.3, 0.4) is 0 Å². The average Bonchev–Trinajstić information content (AvgIpc) is 3.08. The summed E-state index contributed by atoms with van der Waals surface area (Å²) in [5.41, 5.74) is 3.89. The number of imidazole rings is 1. The molecule has 0 unspecified atom stereocenters. The summed E-state index contributed by atoms with van der Waals surface area (Å²) in [6.07, 6.45) is 1.11. The molecular formula is C26H24FN3O5S. The van der Waals surface area contributed by atoms with Gasteiger partial charge in [-0.15, -0.1) is 0 Å². The van der Waals surface area contributed by atoms with Crippen LogP contribution in [0.4, 0.5) is 4.39 Å². The fraction of sp³-hybridized carbons (Fsp3) is 0.231. The van der Waals surface area contributed by atoms with Crippen molar-refractivity contribution in [1.29, 1.82) is 0 Å². The Morgan fingerprint density at radius 2 is 1.78 bits per heavy atom. The lowest BCUT2D eigenvalue weighted by Crippen LogP contribution is -2.33. The number of ether oxygens (including phenoxy) is 1. The van der Waals surface area contributed by atoms with Crippen molar-refractivity contribution in [3.05, 3.63) is 81.5 Å². The SMILES string of the molecule is CCc1c(C(=O)N2CCOc3ccc(-c4ccc5[nH]c(=O)[nH]c5c4)cc3C2)ccc(S(C)(=O)=O)c1F. The fourth-order valence-electron chi connectivity index (χ4n) is 4.56. The molecule has 1 amide bonds. The number of nitrogens with one attached hydrogen (secondary N) is 2. The molecule has 0 fully saturated rings. The van der Waals surface area contributed by atoms with Gasteiger partial charge in [0.15, 0.2) is 9.84 Å². The third-order valence-electron chi connectivity index (χ3n) is 6.37. The van der Waals surface area contributed by atoms with Crippen molar-refractivity contribution in [2.45, 2.75) is 24.8 Å². The number of aromatic nitrogens is 2. The number of sulfone groups is 1. The largest absolute Gasteiger partial charge is 0.491 e. The van der Waals surface area contributed by atoms with E-state index in [-0.39, 0.29) is 48.8 Å². The number of halogens is 1. The number of rotatable bonds is 4. The van der Waals surface area contributed by atoms with Crippen molar-refractivity contribution in [2.24, 2.45) is 0 Å². The highest BCUT2D eigenvalue weighted by Gasteiger charge is 2.27. The summed E-state index contributed by atoms with van der Waals surface area (Å²) in [4.78, 5) is 31.7. The highest BCUT2D eigenvalue weighted by molar-refractivity contribution is 7.90. The predicted molar refractivity (Wildman–Crippen MR) is 133 cm³/mol. The van der Waals surface area contributed by atoms with Gasteiger partial charge in [-0.05, 0) is 53.9 Å². The minimum atomic E-state index is -3.76. The van der Waals surface area contributed by atoms with Gasteiger partial charge in [0.05, 0.1) is 17.6 Å². The molecule has 0 atom stereocenters. The second-order valence-electron chi connectivity index (χ2n) is 8.77. The van der Waals surface area contributed by atoms with E-state index in [0.29, 0.717) is 16.8 Å². The van der Waals surface area contributed by atoms with E-state index in [1.165, 1.54) is 6.07 Å². The maximum atomic E-state index is 15.0. The van der Waals surface area contributed by atoms with Gasteiger partial charge in [-0.2, -0.15) is 0 Å². The van der Waals surface area contributed by atoms with Crippen molar-refractivity contribution in [3.8, 4) is 16.9 Å². The van der Waals surface area contributed by atoms with E-state index in [1.54, 1.807) is 11.8 Å². The molecule has 0 bridgehead atoms. The van der Waals surface area contributed by atoms with Gasteiger partial charge in [-0.3, -0.25) is 4.79 Å². The topological polar surface area (TPSA) is 112 Å². The van der Waals surface area contributed by atoms with Gasteiger partial charge in [0.1, 0.15) is 23.1 Å². The number of hydrogen-bond donors (Lipinski definition) is 2. The highest BCUT2D eigenvalue weighted by atomic mass is 32.2. The summed E-state index contributed by atoms with van der Waals surface area (Å²) >= 11 is 0. The fourth-order valence-corrected chi connectivity index (χ4v) is 5.33. The molecule has 36 heavy (non-hydrogen) atoms. The zero-order valence-electron chi connectivity index (χ0n) is 19.7. The van der Waals surface area contributed by atoms with E-state index < -0.39 is 20.5 Å². The molecule has 1 aliphatic rings. The Bertz CT molecular complexity index is 1670. The Hall–Kier alpha value is -3.92. The number of hydrogen-bond acceptors (Lipinski definition) is 5. The van der Waals surface area contributed by atoms with Gasteiger partial charge in [-0.25, -0.2) is 17.6 Å². The number of amides is 1. The number of carbonyl (C=O) groups excluding carboxylic acids is 1. The first-order valence-electron chi connectivity index (χ1n) is 11.4. The predicted octanol–water partition coefficient (Wildman–Crippen LogP) is 3.66. The maximum Gasteiger partial charge on any atom is 0.323 e. The Kier molecular flexibility index (Phi) is 5.91. The van der Waals surface area contributed by atoms with E-state index >= 15 is 4.39 Å². The molecule has 0 aliphatic carbocycles. The van der Waals surface area contributed by atoms with Crippen molar-refractivity contribution >= 4 is 26.8 Å². The minimum Gasteiger partial charge on any atom is -0.491 e. The number of fused-ring (bicyclic) bond motifs is 2. The molecule has 5 rings (SSSR count). The summed E-state index contributed by atoms with van der Waals surface area (Å²) < 4.78 is 44.8. The van der Waals surface area contributed by atoms with E-state index in [1.807, 2.05) is 36.4 Å². The first kappa shape index (κ1) is 23.8. The van der Waals surface area contributed by atoms with Crippen LogP contribution in [-0.2, 0) is 22.8 Å². The molecule has 1 aromatic heterocycles. The lowest BCUT2D eigenvalue weighted by Gasteiger charge is -2.22. The van der Waals surface area contributed by atoms with Crippen LogP contribution in [0.25, 0.3) is 22.2 Å². The third-order valence-corrected chi connectivity index (χ3v) is 7.48. The van der Waals surface area contributed by atoms with E-state index in [4.69, 9.17) is 4.74 Å². The van der Waals surface area contributed by atoms with Crippen molar-refractivity contribution in [3.63, 3.8) is 0 Å². The van der Waals surface area contributed by atoms with E-state index in [2.05, 4.69) is 9.97 Å². The van der Waals surface area contributed by atoms with Crippen molar-refractivity contribution in [2.75, 3.05) is 19.4 Å². The first-order chi connectivity index (χ1) is 17.2. The maximum absolute atomic E-state index is 15.0. The van der Waals surface area contributed by atoms with E-state index in [0.717, 1.165) is 29.0 Å². The van der Waals surface area contributed by atoms with Crippen LogP contribution in [0.5, 0.6) is 5.75 Å². The van der Waals surface area contributed by atoms with Crippen LogP contribution < -0.4 is 10.4 Å². The average molecular weight is 510 g/mol. The standard InChI is InChI=1S/C26H24FN3O5S/c1-3-18-19(6-9-23(24(18)27)36(2,33)34)25(31)30-10-11-35-22-8-5-15(12-17(22)14-30)16-4-7-20-21(13-16)29-26(32)28-20/h4-9,12-13H,3,10-11,14H2,1-2H3,(H2,28,29,32). The second kappa shape index (κ2) is 8.94. The number of carbonyl (C=O) groups is 1. The molecule has 0 spiro atoms. The number of benzene rings is 3. The summed E-state index contributed by atoms with van der Waals surface area (Å²) in [6, 6.07) is 13.8. The van der Waals surface area contributed by atoms with Gasteiger partial charge >= 0.3 is 5.69 Å². The Morgan fingerprint density at radius 3 is 2.53 bits per heavy atom. The summed E-state index contributed by atoms with van der Waals surface area (Å²) in [6.45, 7) is 2.48. The first-order valence-corrected chi connectivity index (χ1v) is 13.3. The van der Waals surface area contributed by atoms with Crippen molar-refractivity contribution in [1.82, 2.24) is 14.9 Å². The zero-order valence-corrected chi connectivity index (χ0v) is 20.5. The molecule has 1 aliphatic heterocycles. The monoisotopic (exact) mass is 509 g/mol. The van der Waals surface area contributed by atoms with Crippen molar-refractivity contribution < 1.29 is 22.3 Å². The van der Waals surface area contributed by atoms with Gasteiger partial charge in [0, 0.05) is 29.5 Å². The van der Waals surface area contributed by atoms with Crippen LogP contribution in [0.1, 0.15) is 28.4 Å². The lowest BCUT2D eigenvalue weighted by molar-refractivity contribution is 0.0731. The molecule has 2 N–H and O–H groups in total. The molecule has 4 aromatic rings. The number of H-pyrrole nitrogens is 2. The molecule has 0 saturated heterocycles. The van der Waals surface area contributed by atoms with Gasteiger partial charge in [0.25, 0.3) is 5.91 Å². The molecule has 0 saturated carbocycles. The molecule has 0 radical (unpaired) electrons. The van der Waals surface area contributed by atoms with Crippen LogP contribution in [-0.4, -0.2) is 48.6 Å². The Labute approximate surface area is 206 Å². The highest BCUT2D eigenvalue weighted by Crippen LogP contribution is 2.31. The number of aromatic amines is 2. The third kappa shape index (κ3) is 4.28.